The van der Waals surface area contributed by atoms with E-state index in [2.05, 4.69) is 27.5 Å². The van der Waals surface area contributed by atoms with Gasteiger partial charge in [0.05, 0.1) is 16.0 Å². The van der Waals surface area contributed by atoms with Gasteiger partial charge in [-0.25, -0.2) is 9.97 Å². The Labute approximate surface area is 217 Å². The molecule has 0 spiro atoms. The summed E-state index contributed by atoms with van der Waals surface area (Å²) < 4.78 is 42.7. The number of amides is 2. The first-order valence-electron chi connectivity index (χ1n) is 12.3. The Kier molecular flexibility index (Phi) is 7.28. The highest BCUT2D eigenvalue weighted by Crippen LogP contribution is 2.45. The number of nitrogens with zero attached hydrogens (tertiary/aromatic N) is 3. The van der Waals surface area contributed by atoms with E-state index >= 15 is 0 Å². The molecule has 1 atom stereocenters. The van der Waals surface area contributed by atoms with Crippen LogP contribution >= 0.6 is 11.3 Å². The lowest BCUT2D eigenvalue weighted by atomic mass is 10.1. The van der Waals surface area contributed by atoms with Crippen molar-refractivity contribution in [2.45, 2.75) is 71.2 Å². The van der Waals surface area contributed by atoms with E-state index in [1.54, 1.807) is 4.90 Å². The van der Waals surface area contributed by atoms with E-state index < -0.39 is 29.2 Å². The highest BCUT2D eigenvalue weighted by molar-refractivity contribution is 7.17. The average Bonchev–Trinajstić information content (AvgIpc) is 3.19. The SMILES string of the molecule is CC1CCCN1C(=O)c1nc(C(=O)NCC(C)(C)O)sc1-c1cnc(NCC2(C)CC2)cc1C(F)(F)F. The standard InChI is InChI=1S/C25H32F3N5O3S/c1-14-6-5-9-33(14)22(35)18-19(37-21(32-18)20(34)31-12-23(2,3)36)15-11-29-17(10-16(15)25(26,27)28)30-13-24(4)7-8-24/h10-11,14,36H,5-9,12-13H2,1-4H3,(H,29,30)(H,31,34). The van der Waals surface area contributed by atoms with Crippen molar-refractivity contribution in [3.63, 3.8) is 0 Å². The highest BCUT2D eigenvalue weighted by Gasteiger charge is 2.39. The van der Waals surface area contributed by atoms with E-state index in [4.69, 9.17) is 0 Å². The number of hydrogen-bond donors (Lipinski definition) is 3. The van der Waals surface area contributed by atoms with Gasteiger partial charge in [-0.05, 0) is 57.9 Å². The molecule has 1 unspecified atom stereocenters. The van der Waals surface area contributed by atoms with E-state index in [-0.39, 0.29) is 45.0 Å². The lowest BCUT2D eigenvalue weighted by Crippen LogP contribution is -2.38. The van der Waals surface area contributed by atoms with Gasteiger partial charge in [0.1, 0.15) is 11.5 Å². The van der Waals surface area contributed by atoms with Crippen LogP contribution in [0.2, 0.25) is 0 Å². The maximum absolute atomic E-state index is 14.2. The predicted octanol–water partition coefficient (Wildman–Crippen LogP) is 4.56. The first kappa shape index (κ1) is 27.3. The molecule has 1 aliphatic heterocycles. The van der Waals surface area contributed by atoms with Crippen LogP contribution in [0.5, 0.6) is 0 Å². The number of aliphatic hydroxyl groups is 1. The quantitative estimate of drug-likeness (QED) is 0.454. The van der Waals surface area contributed by atoms with Gasteiger partial charge < -0.3 is 20.6 Å². The van der Waals surface area contributed by atoms with E-state index in [1.807, 2.05) is 6.92 Å². The average molecular weight is 540 g/mol. The molecule has 3 N–H and O–H groups in total. The van der Waals surface area contributed by atoms with Crippen LogP contribution in [0.1, 0.15) is 79.2 Å². The molecule has 8 nitrogen and oxygen atoms in total. The smallest absolute Gasteiger partial charge is 0.389 e. The summed E-state index contributed by atoms with van der Waals surface area (Å²) in [6.45, 7) is 7.81. The van der Waals surface area contributed by atoms with Crippen LogP contribution in [0.4, 0.5) is 19.0 Å². The van der Waals surface area contributed by atoms with Crippen LogP contribution < -0.4 is 10.6 Å². The van der Waals surface area contributed by atoms with Crippen LogP contribution in [0.25, 0.3) is 10.4 Å². The molecule has 2 fully saturated rings. The van der Waals surface area contributed by atoms with E-state index in [0.29, 0.717) is 24.4 Å². The molecule has 0 radical (unpaired) electrons. The molecule has 3 heterocycles. The molecule has 4 rings (SSSR count). The number of pyridine rings is 1. The van der Waals surface area contributed by atoms with Gasteiger partial charge >= 0.3 is 6.18 Å². The zero-order chi connectivity index (χ0) is 27.2. The summed E-state index contributed by atoms with van der Waals surface area (Å²) in [7, 11) is 0. The van der Waals surface area contributed by atoms with E-state index in [0.717, 1.165) is 37.9 Å². The molecule has 0 bridgehead atoms. The Hall–Kier alpha value is -2.73. The predicted molar refractivity (Wildman–Crippen MR) is 135 cm³/mol. The van der Waals surface area contributed by atoms with Crippen molar-refractivity contribution in [3.8, 4) is 10.4 Å². The van der Waals surface area contributed by atoms with Crippen molar-refractivity contribution in [2.24, 2.45) is 5.41 Å². The largest absolute Gasteiger partial charge is 0.417 e. The van der Waals surface area contributed by atoms with Gasteiger partial charge in [-0.15, -0.1) is 11.3 Å². The maximum atomic E-state index is 14.2. The molecule has 0 aromatic carbocycles. The van der Waals surface area contributed by atoms with Gasteiger partial charge in [0.25, 0.3) is 11.8 Å². The Bertz CT molecular complexity index is 1190. The minimum absolute atomic E-state index is 0.0574. The van der Waals surface area contributed by atoms with Gasteiger partial charge in [0, 0.05) is 37.4 Å². The van der Waals surface area contributed by atoms with Crippen molar-refractivity contribution in [3.05, 3.63) is 28.5 Å². The fourth-order valence-corrected chi connectivity index (χ4v) is 5.15. The zero-order valence-electron chi connectivity index (χ0n) is 21.3. The minimum Gasteiger partial charge on any atom is -0.389 e. The summed E-state index contributed by atoms with van der Waals surface area (Å²) in [6.07, 6.45) is -0.0738. The van der Waals surface area contributed by atoms with Crippen LogP contribution in [-0.4, -0.2) is 63.1 Å². The number of likely N-dealkylation sites (tertiary alicyclic amines) is 1. The molecule has 2 aliphatic rings. The first-order valence-corrected chi connectivity index (χ1v) is 13.1. The van der Waals surface area contributed by atoms with Gasteiger partial charge in [-0.2, -0.15) is 13.2 Å². The lowest BCUT2D eigenvalue weighted by Gasteiger charge is -2.21. The molecule has 1 aliphatic carbocycles. The van der Waals surface area contributed by atoms with Crippen molar-refractivity contribution < 1.29 is 27.9 Å². The van der Waals surface area contributed by atoms with Crippen molar-refractivity contribution in [2.75, 3.05) is 25.0 Å². The van der Waals surface area contributed by atoms with Crippen molar-refractivity contribution in [1.82, 2.24) is 20.2 Å². The number of carbonyl (C=O) groups is 2. The van der Waals surface area contributed by atoms with Crippen LogP contribution in [-0.2, 0) is 6.18 Å². The normalized spacial score (nSPS) is 19.1. The second-order valence-corrected chi connectivity index (χ2v) is 12.0. The van der Waals surface area contributed by atoms with Gasteiger partial charge in [0.2, 0.25) is 0 Å². The number of carbonyl (C=O) groups excluding carboxylic acids is 2. The minimum atomic E-state index is -4.73. The molecule has 1 saturated heterocycles. The Morgan fingerprint density at radius 1 is 1.30 bits per heavy atom. The fourth-order valence-electron chi connectivity index (χ4n) is 4.15. The topological polar surface area (TPSA) is 107 Å². The second-order valence-electron chi connectivity index (χ2n) is 11.0. The van der Waals surface area contributed by atoms with Crippen LogP contribution in [0.15, 0.2) is 12.3 Å². The first-order chi connectivity index (χ1) is 17.2. The Morgan fingerprint density at radius 2 is 2.00 bits per heavy atom. The number of thiazole rings is 1. The Morgan fingerprint density at radius 3 is 2.57 bits per heavy atom. The fraction of sp³-hybridized carbons (Fsp3) is 0.600. The molecule has 37 heavy (non-hydrogen) atoms. The van der Waals surface area contributed by atoms with Gasteiger partial charge in [-0.3, -0.25) is 9.59 Å². The number of rotatable bonds is 8. The van der Waals surface area contributed by atoms with Crippen LogP contribution in [0, 0.1) is 5.41 Å². The number of alkyl halides is 3. The summed E-state index contributed by atoms with van der Waals surface area (Å²) in [5.41, 5.74) is -2.60. The van der Waals surface area contributed by atoms with E-state index in [9.17, 15) is 27.9 Å². The number of anilines is 1. The zero-order valence-corrected chi connectivity index (χ0v) is 22.1. The summed E-state index contributed by atoms with van der Waals surface area (Å²) in [6, 6.07) is 0.853. The molecule has 2 amide bonds. The van der Waals surface area contributed by atoms with Crippen molar-refractivity contribution in [1.29, 1.82) is 0 Å². The summed E-state index contributed by atoms with van der Waals surface area (Å²) in [5.74, 6) is -1.10. The molecule has 12 heteroatoms. The molecule has 2 aromatic rings. The summed E-state index contributed by atoms with van der Waals surface area (Å²) in [4.78, 5) is 36.1. The molecule has 202 valence electrons. The third-order valence-corrected chi connectivity index (χ3v) is 7.86. The molecule has 1 saturated carbocycles. The molecular weight excluding hydrogens is 507 g/mol. The molecular formula is C25H32F3N5O3S. The highest BCUT2D eigenvalue weighted by atomic mass is 32.1. The van der Waals surface area contributed by atoms with Gasteiger partial charge in [0.15, 0.2) is 5.01 Å². The monoisotopic (exact) mass is 539 g/mol. The third kappa shape index (κ3) is 6.40. The summed E-state index contributed by atoms with van der Waals surface area (Å²) >= 11 is 0.711. The summed E-state index contributed by atoms with van der Waals surface area (Å²) in [5, 5.41) is 15.3. The maximum Gasteiger partial charge on any atom is 0.417 e. The third-order valence-electron chi connectivity index (χ3n) is 6.77. The molecule has 2 aromatic heterocycles. The van der Waals surface area contributed by atoms with Crippen molar-refractivity contribution >= 4 is 29.0 Å². The van der Waals surface area contributed by atoms with E-state index in [1.165, 1.54) is 13.8 Å². The lowest BCUT2D eigenvalue weighted by molar-refractivity contribution is -0.137. The second kappa shape index (κ2) is 9.86. The number of nitrogens with one attached hydrogen (secondary N) is 2. The number of hydrogen-bond acceptors (Lipinski definition) is 7. The Balaban J connectivity index is 1.75. The number of halogens is 3. The van der Waals surface area contributed by atoms with Gasteiger partial charge in [-0.1, -0.05) is 6.92 Å². The number of aromatic nitrogens is 2. The van der Waals surface area contributed by atoms with Crippen LogP contribution in [0.3, 0.4) is 0 Å².